The average Bonchev–Trinajstić information content (AvgIpc) is 3.33. The van der Waals surface area contributed by atoms with Crippen LogP contribution in [0.4, 0.5) is 0 Å². The Morgan fingerprint density at radius 3 is 2.42 bits per heavy atom. The Bertz CT molecular complexity index is 1120. The first kappa shape index (κ1) is 22.7. The summed E-state index contributed by atoms with van der Waals surface area (Å²) in [5, 5.41) is 6.87. The fraction of sp³-hybridized carbons (Fsp3) is 0.360. The fourth-order valence-corrected chi connectivity index (χ4v) is 3.93. The number of hydrogen-bond acceptors (Lipinski definition) is 6. The van der Waals surface area contributed by atoms with E-state index < -0.39 is 0 Å². The predicted octanol–water partition coefficient (Wildman–Crippen LogP) is 2.99. The molecule has 0 radical (unpaired) electrons. The lowest BCUT2D eigenvalue weighted by Gasteiger charge is -2.36. The molecule has 1 atom stereocenters. The molecule has 1 aliphatic rings. The minimum Gasteiger partial charge on any atom is -0.343 e. The van der Waals surface area contributed by atoms with E-state index >= 15 is 0 Å². The van der Waals surface area contributed by atoms with Crippen LogP contribution in [0.1, 0.15) is 40.3 Å². The van der Waals surface area contributed by atoms with E-state index in [2.05, 4.69) is 20.4 Å². The molecule has 8 nitrogen and oxygen atoms in total. The maximum Gasteiger partial charge on any atom is 0.251 e. The third kappa shape index (κ3) is 5.28. The quantitative estimate of drug-likeness (QED) is 0.625. The number of rotatable bonds is 6. The second-order valence-corrected chi connectivity index (χ2v) is 8.41. The highest BCUT2D eigenvalue weighted by Crippen LogP contribution is 2.23. The molecular weight excluding hydrogens is 418 g/mol. The summed E-state index contributed by atoms with van der Waals surface area (Å²) < 4.78 is 5.52. The molecule has 1 saturated heterocycles. The molecule has 4 rings (SSSR count). The van der Waals surface area contributed by atoms with Gasteiger partial charge in [-0.1, -0.05) is 53.2 Å². The zero-order chi connectivity index (χ0) is 23.4. The first-order valence-corrected chi connectivity index (χ1v) is 11.2. The molecule has 1 N–H and O–H groups in total. The minimum absolute atomic E-state index is 0.00765. The van der Waals surface area contributed by atoms with Crippen molar-refractivity contribution in [2.75, 3.05) is 32.7 Å². The third-order valence-corrected chi connectivity index (χ3v) is 6.11. The molecule has 3 aromatic rings. The van der Waals surface area contributed by atoms with Gasteiger partial charge < -0.3 is 14.7 Å². The van der Waals surface area contributed by atoms with Gasteiger partial charge >= 0.3 is 0 Å². The summed E-state index contributed by atoms with van der Waals surface area (Å²) in [6, 6.07) is 15.3. The van der Waals surface area contributed by atoms with Gasteiger partial charge in [0.15, 0.2) is 0 Å². The second kappa shape index (κ2) is 9.95. The summed E-state index contributed by atoms with van der Waals surface area (Å²) in [6.07, 6.45) is 0. The number of aromatic nitrogens is 2. The molecule has 33 heavy (non-hydrogen) atoms. The van der Waals surface area contributed by atoms with Gasteiger partial charge in [0.1, 0.15) is 0 Å². The summed E-state index contributed by atoms with van der Waals surface area (Å²) in [4.78, 5) is 33.5. The van der Waals surface area contributed by atoms with E-state index in [0.717, 1.165) is 11.1 Å². The molecule has 1 fully saturated rings. The van der Waals surface area contributed by atoms with E-state index in [-0.39, 0.29) is 24.4 Å². The Kier molecular flexibility index (Phi) is 6.84. The average molecular weight is 448 g/mol. The van der Waals surface area contributed by atoms with Crippen LogP contribution in [0.25, 0.3) is 11.4 Å². The van der Waals surface area contributed by atoms with E-state index in [9.17, 15) is 9.59 Å². The number of nitrogens with zero attached hydrogens (tertiary/aromatic N) is 4. The van der Waals surface area contributed by atoms with Gasteiger partial charge in [0.05, 0.1) is 12.6 Å². The van der Waals surface area contributed by atoms with Crippen LogP contribution in [0.15, 0.2) is 53.1 Å². The monoisotopic (exact) mass is 447 g/mol. The Balaban J connectivity index is 1.28. The number of carbonyl (C=O) groups excluding carboxylic acids is 2. The lowest BCUT2D eigenvalue weighted by molar-refractivity contribution is -0.132. The van der Waals surface area contributed by atoms with Crippen molar-refractivity contribution in [1.29, 1.82) is 0 Å². The van der Waals surface area contributed by atoms with Crippen LogP contribution in [0.5, 0.6) is 0 Å². The Morgan fingerprint density at radius 1 is 1.03 bits per heavy atom. The third-order valence-electron chi connectivity index (χ3n) is 6.11. The molecule has 1 unspecified atom stereocenters. The lowest BCUT2D eigenvalue weighted by Crippen LogP contribution is -2.51. The van der Waals surface area contributed by atoms with Gasteiger partial charge in [0.25, 0.3) is 5.91 Å². The highest BCUT2D eigenvalue weighted by atomic mass is 16.5. The number of aryl methyl sites for hydroxylation is 2. The molecule has 172 valence electrons. The highest BCUT2D eigenvalue weighted by molar-refractivity contribution is 5.97. The Labute approximate surface area is 193 Å². The maximum atomic E-state index is 12.6. The van der Waals surface area contributed by atoms with Gasteiger partial charge in [-0.05, 0) is 32.4 Å². The minimum atomic E-state index is -0.227. The van der Waals surface area contributed by atoms with Gasteiger partial charge in [-0.25, -0.2) is 0 Å². The number of carbonyl (C=O) groups is 2. The van der Waals surface area contributed by atoms with E-state index in [1.54, 1.807) is 11.0 Å². The molecule has 2 aromatic carbocycles. The van der Waals surface area contributed by atoms with Crippen molar-refractivity contribution in [3.63, 3.8) is 0 Å². The summed E-state index contributed by atoms with van der Waals surface area (Å²) >= 11 is 0. The van der Waals surface area contributed by atoms with E-state index in [0.29, 0.717) is 43.5 Å². The standard InChI is InChI=1S/C25H29N5O3/c1-17-8-10-20(11-9-17)23-27-25(33-28-23)19(3)29-12-14-30(15-13-29)22(31)16-26-24(32)21-7-5-4-6-18(21)2/h4-11,19H,12-16H2,1-3H3,(H,26,32). The van der Waals surface area contributed by atoms with Crippen molar-refractivity contribution in [2.45, 2.75) is 26.8 Å². The molecule has 2 heterocycles. The maximum absolute atomic E-state index is 12.6. The van der Waals surface area contributed by atoms with Crippen LogP contribution in [-0.2, 0) is 4.79 Å². The van der Waals surface area contributed by atoms with E-state index in [1.807, 2.05) is 63.2 Å². The summed E-state index contributed by atoms with van der Waals surface area (Å²) in [6.45, 7) is 8.51. The molecule has 0 aliphatic carbocycles. The van der Waals surface area contributed by atoms with Crippen LogP contribution in [0, 0.1) is 13.8 Å². The molecule has 0 spiro atoms. The van der Waals surface area contributed by atoms with Crippen LogP contribution in [0.2, 0.25) is 0 Å². The lowest BCUT2D eigenvalue weighted by atomic mass is 10.1. The first-order chi connectivity index (χ1) is 15.9. The van der Waals surface area contributed by atoms with Crippen molar-refractivity contribution in [2.24, 2.45) is 0 Å². The van der Waals surface area contributed by atoms with Gasteiger partial charge in [0.2, 0.25) is 17.6 Å². The number of piperazine rings is 1. The van der Waals surface area contributed by atoms with Crippen molar-refractivity contribution in [3.05, 3.63) is 71.1 Å². The Morgan fingerprint density at radius 2 is 1.73 bits per heavy atom. The smallest absolute Gasteiger partial charge is 0.251 e. The van der Waals surface area contributed by atoms with Crippen molar-refractivity contribution < 1.29 is 14.1 Å². The van der Waals surface area contributed by atoms with Crippen LogP contribution in [0.3, 0.4) is 0 Å². The number of hydrogen-bond donors (Lipinski definition) is 1. The zero-order valence-electron chi connectivity index (χ0n) is 19.2. The van der Waals surface area contributed by atoms with E-state index in [1.165, 1.54) is 5.56 Å². The second-order valence-electron chi connectivity index (χ2n) is 8.41. The molecular formula is C25H29N5O3. The normalized spacial score (nSPS) is 15.3. The summed E-state index contributed by atoms with van der Waals surface area (Å²) in [5.74, 6) is 0.837. The van der Waals surface area contributed by atoms with E-state index in [4.69, 9.17) is 4.52 Å². The topological polar surface area (TPSA) is 91.6 Å². The molecule has 2 amide bonds. The first-order valence-electron chi connectivity index (χ1n) is 11.2. The highest BCUT2D eigenvalue weighted by Gasteiger charge is 2.28. The number of nitrogens with one attached hydrogen (secondary N) is 1. The van der Waals surface area contributed by atoms with Gasteiger partial charge in [0, 0.05) is 37.3 Å². The van der Waals surface area contributed by atoms with Gasteiger partial charge in [-0.15, -0.1) is 0 Å². The molecule has 8 heteroatoms. The van der Waals surface area contributed by atoms with Crippen molar-refractivity contribution in [3.8, 4) is 11.4 Å². The molecule has 0 saturated carbocycles. The largest absolute Gasteiger partial charge is 0.343 e. The van der Waals surface area contributed by atoms with Crippen LogP contribution in [-0.4, -0.2) is 64.5 Å². The van der Waals surface area contributed by atoms with Gasteiger partial charge in [-0.2, -0.15) is 4.98 Å². The Hall–Kier alpha value is -3.52. The van der Waals surface area contributed by atoms with Crippen molar-refractivity contribution in [1.82, 2.24) is 25.3 Å². The van der Waals surface area contributed by atoms with Gasteiger partial charge in [-0.3, -0.25) is 14.5 Å². The summed E-state index contributed by atoms with van der Waals surface area (Å²) in [7, 11) is 0. The zero-order valence-corrected chi connectivity index (χ0v) is 19.2. The SMILES string of the molecule is Cc1ccc(-c2noc(C(C)N3CCN(C(=O)CNC(=O)c4ccccc4C)CC3)n2)cc1. The fourth-order valence-electron chi connectivity index (χ4n) is 3.93. The molecule has 1 aliphatic heterocycles. The molecule has 1 aromatic heterocycles. The number of amides is 2. The predicted molar refractivity (Wildman–Crippen MR) is 125 cm³/mol. The van der Waals surface area contributed by atoms with Crippen LogP contribution >= 0.6 is 0 Å². The van der Waals surface area contributed by atoms with Crippen LogP contribution < -0.4 is 5.32 Å². The number of benzene rings is 2. The molecule has 0 bridgehead atoms. The summed E-state index contributed by atoms with van der Waals surface area (Å²) in [5.41, 5.74) is 3.58. The van der Waals surface area contributed by atoms with Crippen molar-refractivity contribution >= 4 is 11.8 Å².